The molecule has 1 N–H and O–H groups in total. The molecule has 1 amide bonds. The van der Waals surface area contributed by atoms with E-state index in [4.69, 9.17) is 0 Å². The van der Waals surface area contributed by atoms with Gasteiger partial charge in [-0.1, -0.05) is 41.5 Å². The number of benzene rings is 1. The maximum Gasteiger partial charge on any atom is 0.221 e. The van der Waals surface area contributed by atoms with Crippen LogP contribution < -0.4 is 5.32 Å². The average Bonchev–Trinajstić information content (AvgIpc) is 2.13. The van der Waals surface area contributed by atoms with Gasteiger partial charge >= 0.3 is 0 Å². The van der Waals surface area contributed by atoms with Gasteiger partial charge in [-0.3, -0.25) is 4.79 Å². The van der Waals surface area contributed by atoms with Crippen LogP contribution in [0.25, 0.3) is 0 Å². The fraction of sp³-hybridized carbons (Fsp3) is 0.562. The summed E-state index contributed by atoms with van der Waals surface area (Å²) in [5, 5.41) is 3.00. The van der Waals surface area contributed by atoms with E-state index in [1.54, 1.807) is 6.92 Å². The molecule has 2 nitrogen and oxygen atoms in total. The van der Waals surface area contributed by atoms with Crippen molar-refractivity contribution in [1.82, 2.24) is 0 Å². The van der Waals surface area contributed by atoms with Crippen LogP contribution in [-0.4, -0.2) is 5.91 Å². The topological polar surface area (TPSA) is 29.1 Å². The summed E-state index contributed by atoms with van der Waals surface area (Å²) >= 11 is 0. The Bertz CT molecular complexity index is 415. The number of anilines is 1. The number of carbonyl (C=O) groups is 1. The van der Waals surface area contributed by atoms with E-state index in [0.29, 0.717) is 0 Å². The second kappa shape index (κ2) is 4.75. The van der Waals surface area contributed by atoms with Crippen LogP contribution in [0.3, 0.4) is 0 Å². The van der Waals surface area contributed by atoms with Crippen LogP contribution in [-0.2, 0) is 15.6 Å². The van der Waals surface area contributed by atoms with Crippen molar-refractivity contribution in [2.24, 2.45) is 0 Å². The van der Waals surface area contributed by atoms with E-state index < -0.39 is 0 Å². The van der Waals surface area contributed by atoms with Crippen LogP contribution in [0, 0.1) is 6.07 Å². The molecule has 1 radical (unpaired) electrons. The molecule has 0 fully saturated rings. The summed E-state index contributed by atoms with van der Waals surface area (Å²) < 4.78 is 0. The Morgan fingerprint density at radius 2 is 1.39 bits per heavy atom. The van der Waals surface area contributed by atoms with Crippen LogP contribution in [0.2, 0.25) is 0 Å². The van der Waals surface area contributed by atoms with Crippen LogP contribution in [0.1, 0.15) is 59.6 Å². The predicted octanol–water partition coefficient (Wildman–Crippen LogP) is 4.04. The number of hydrogen-bond acceptors (Lipinski definition) is 1. The van der Waals surface area contributed by atoms with Crippen molar-refractivity contribution in [2.45, 2.75) is 59.3 Å². The molecule has 1 rings (SSSR count). The normalized spacial score (nSPS) is 12.4. The van der Waals surface area contributed by atoms with E-state index in [2.05, 4.69) is 52.9 Å². The van der Waals surface area contributed by atoms with Crippen molar-refractivity contribution < 1.29 is 4.79 Å². The van der Waals surface area contributed by atoms with Gasteiger partial charge in [-0.25, -0.2) is 0 Å². The summed E-state index contributed by atoms with van der Waals surface area (Å²) in [6.45, 7) is 14.4. The highest BCUT2D eigenvalue weighted by atomic mass is 16.1. The van der Waals surface area contributed by atoms with Crippen molar-refractivity contribution in [1.29, 1.82) is 0 Å². The lowest BCUT2D eigenvalue weighted by Gasteiger charge is -2.29. The highest BCUT2D eigenvalue weighted by Gasteiger charge is 2.25. The molecule has 1 aromatic carbocycles. The maximum atomic E-state index is 11.5. The van der Waals surface area contributed by atoms with Crippen LogP contribution >= 0.6 is 0 Å². The number of rotatable bonds is 1. The minimum Gasteiger partial charge on any atom is -0.326 e. The number of amides is 1. The second-order valence-electron chi connectivity index (χ2n) is 6.84. The van der Waals surface area contributed by atoms with Crippen molar-refractivity contribution in [3.05, 3.63) is 29.3 Å². The largest absolute Gasteiger partial charge is 0.326 e. The SMILES string of the molecule is CC(=O)Nc1c(C(C)(C)C)c[c]cc1C(C)(C)C. The van der Waals surface area contributed by atoms with E-state index in [0.717, 1.165) is 16.8 Å². The van der Waals surface area contributed by atoms with Crippen molar-refractivity contribution in [2.75, 3.05) is 5.32 Å². The first kappa shape index (κ1) is 14.7. The third-order valence-electron chi connectivity index (χ3n) is 2.91. The highest BCUT2D eigenvalue weighted by Crippen LogP contribution is 2.37. The molecule has 0 aliphatic heterocycles. The third kappa shape index (κ3) is 3.34. The Labute approximate surface area is 111 Å². The summed E-state index contributed by atoms with van der Waals surface area (Å²) in [4.78, 5) is 11.5. The zero-order valence-electron chi connectivity index (χ0n) is 12.6. The Morgan fingerprint density at radius 3 is 1.67 bits per heavy atom. The Balaban J connectivity index is 3.50. The minimum atomic E-state index is -0.0304. The second-order valence-corrected chi connectivity index (χ2v) is 6.84. The Hall–Kier alpha value is -1.31. The fourth-order valence-corrected chi connectivity index (χ4v) is 1.99. The van der Waals surface area contributed by atoms with Gasteiger partial charge in [0.05, 0.1) is 0 Å². The highest BCUT2D eigenvalue weighted by molar-refractivity contribution is 5.91. The quantitative estimate of drug-likeness (QED) is 0.796. The van der Waals surface area contributed by atoms with E-state index in [9.17, 15) is 4.79 Å². The molecule has 0 saturated heterocycles. The minimum absolute atomic E-state index is 0.0183. The molecule has 0 aromatic heterocycles. The van der Waals surface area contributed by atoms with Gasteiger partial charge in [0, 0.05) is 12.6 Å². The molecule has 1 aromatic rings. The summed E-state index contributed by atoms with van der Waals surface area (Å²) in [6, 6.07) is 7.15. The van der Waals surface area contributed by atoms with Crippen molar-refractivity contribution in [3.63, 3.8) is 0 Å². The van der Waals surface area contributed by atoms with Crippen LogP contribution in [0.4, 0.5) is 5.69 Å². The first-order valence-electron chi connectivity index (χ1n) is 6.36. The average molecular weight is 246 g/mol. The lowest BCUT2D eigenvalue weighted by Crippen LogP contribution is -2.22. The molecule has 0 atom stereocenters. The first-order chi connectivity index (χ1) is 8.03. The molecule has 0 bridgehead atoms. The molecule has 0 aliphatic carbocycles. The monoisotopic (exact) mass is 246 g/mol. The van der Waals surface area contributed by atoms with E-state index in [1.807, 2.05) is 12.1 Å². The van der Waals surface area contributed by atoms with E-state index in [1.165, 1.54) is 0 Å². The smallest absolute Gasteiger partial charge is 0.221 e. The molecule has 0 heterocycles. The van der Waals surface area contributed by atoms with Gasteiger partial charge in [-0.15, -0.1) is 0 Å². The molecular formula is C16H24NO. The zero-order chi connectivity index (χ0) is 14.1. The van der Waals surface area contributed by atoms with Gasteiger partial charge in [0.25, 0.3) is 0 Å². The van der Waals surface area contributed by atoms with Crippen molar-refractivity contribution >= 4 is 11.6 Å². The predicted molar refractivity (Wildman–Crippen MR) is 77.0 cm³/mol. The Kier molecular flexibility index (Phi) is 3.89. The van der Waals surface area contributed by atoms with Crippen molar-refractivity contribution in [3.8, 4) is 0 Å². The van der Waals surface area contributed by atoms with Gasteiger partial charge < -0.3 is 5.32 Å². The molecule has 18 heavy (non-hydrogen) atoms. The Morgan fingerprint density at radius 1 is 1.00 bits per heavy atom. The van der Waals surface area contributed by atoms with E-state index >= 15 is 0 Å². The lowest BCUT2D eigenvalue weighted by molar-refractivity contribution is -0.114. The first-order valence-corrected chi connectivity index (χ1v) is 6.36. The summed E-state index contributed by atoms with van der Waals surface area (Å²) in [5.41, 5.74) is 3.17. The number of hydrogen-bond donors (Lipinski definition) is 1. The molecule has 0 aliphatic rings. The van der Waals surface area contributed by atoms with Gasteiger partial charge in [-0.2, -0.15) is 0 Å². The van der Waals surface area contributed by atoms with Gasteiger partial charge in [0.2, 0.25) is 5.91 Å². The summed E-state index contributed by atoms with van der Waals surface area (Å²) in [5.74, 6) is -0.0304. The molecule has 99 valence electrons. The molecule has 2 heteroatoms. The van der Waals surface area contributed by atoms with Gasteiger partial charge in [0.1, 0.15) is 0 Å². The summed E-state index contributed by atoms with van der Waals surface area (Å²) in [7, 11) is 0. The fourth-order valence-electron chi connectivity index (χ4n) is 1.99. The van der Waals surface area contributed by atoms with Crippen LogP contribution in [0.5, 0.6) is 0 Å². The lowest BCUT2D eigenvalue weighted by atomic mass is 9.79. The molecule has 0 unspecified atom stereocenters. The molecule has 0 spiro atoms. The number of nitrogens with one attached hydrogen (secondary N) is 1. The van der Waals surface area contributed by atoms with E-state index in [-0.39, 0.29) is 16.7 Å². The van der Waals surface area contributed by atoms with Gasteiger partial charge in [-0.05, 0) is 40.2 Å². The standard InChI is InChI=1S/C16H24NO/c1-11(18)17-14-12(15(2,3)4)9-8-10-13(14)16(5,6)7/h9-10H,1-7H3,(H,17,18). The molecular weight excluding hydrogens is 222 g/mol. The van der Waals surface area contributed by atoms with Crippen LogP contribution in [0.15, 0.2) is 12.1 Å². The number of carbonyl (C=O) groups excluding carboxylic acids is 1. The summed E-state index contributed by atoms with van der Waals surface area (Å²) in [6.07, 6.45) is 0. The zero-order valence-corrected chi connectivity index (χ0v) is 12.6. The molecule has 0 saturated carbocycles. The maximum absolute atomic E-state index is 11.5. The third-order valence-corrected chi connectivity index (χ3v) is 2.91. The van der Waals surface area contributed by atoms with Gasteiger partial charge in [0.15, 0.2) is 0 Å².